The van der Waals surface area contributed by atoms with Crippen LogP contribution in [0.15, 0.2) is 29.2 Å². The molecule has 0 bridgehead atoms. The van der Waals surface area contributed by atoms with Gasteiger partial charge in [0.1, 0.15) is 11.6 Å². The number of unbranched alkanes of at least 4 members (excludes halogenated alkanes) is 1. The number of carbonyl (C=O) groups is 3. The number of nitro benzene ring substituents is 1. The van der Waals surface area contributed by atoms with Crippen LogP contribution in [-0.4, -0.2) is 68.1 Å². The second kappa shape index (κ2) is 17.1. The molecule has 0 aliphatic rings. The number of aliphatic hydroxyl groups is 1. The highest BCUT2D eigenvalue weighted by Crippen LogP contribution is 2.28. The van der Waals surface area contributed by atoms with Gasteiger partial charge in [0.05, 0.1) is 21.7 Å². The van der Waals surface area contributed by atoms with Crippen molar-refractivity contribution in [1.82, 2.24) is 15.4 Å². The van der Waals surface area contributed by atoms with Crippen molar-refractivity contribution in [3.8, 4) is 0 Å². The summed E-state index contributed by atoms with van der Waals surface area (Å²) in [7, 11) is -2.45. The second-order valence-corrected chi connectivity index (χ2v) is 13.3. The van der Waals surface area contributed by atoms with Crippen molar-refractivity contribution >= 4 is 33.5 Å². The molecule has 0 saturated heterocycles. The smallest absolute Gasteiger partial charge is 0.310 e. The third-order valence-electron chi connectivity index (χ3n) is 6.38. The highest BCUT2D eigenvalue weighted by Gasteiger charge is 2.37. The van der Waals surface area contributed by atoms with Gasteiger partial charge in [0.15, 0.2) is 0 Å². The van der Waals surface area contributed by atoms with E-state index in [0.29, 0.717) is 25.7 Å². The van der Waals surface area contributed by atoms with E-state index in [-0.39, 0.29) is 42.5 Å². The first kappa shape index (κ1) is 36.9. The molecule has 4 N–H and O–H groups in total. The number of esters is 1. The van der Waals surface area contributed by atoms with Crippen molar-refractivity contribution in [2.45, 2.75) is 89.7 Å². The summed E-state index contributed by atoms with van der Waals surface area (Å²) in [6.45, 7) is 8.95. The summed E-state index contributed by atoms with van der Waals surface area (Å²) in [6.07, 6.45) is 1.87. The van der Waals surface area contributed by atoms with Gasteiger partial charge in [-0.15, -0.1) is 0 Å². The maximum absolute atomic E-state index is 13.5. The number of nitro groups is 1. The molecule has 0 unspecified atom stereocenters. The number of nitrogens with zero attached hydrogens (tertiary/aromatic N) is 1. The van der Waals surface area contributed by atoms with Crippen LogP contribution in [0.4, 0.5) is 5.69 Å². The molecule has 42 heavy (non-hydrogen) atoms. The molecule has 3 atom stereocenters. The Morgan fingerprint density at radius 3 is 2.12 bits per heavy atom. The molecule has 0 aliphatic heterocycles. The van der Waals surface area contributed by atoms with E-state index in [1.54, 1.807) is 20.8 Å². The average Bonchev–Trinajstić information content (AvgIpc) is 2.89. The van der Waals surface area contributed by atoms with Crippen LogP contribution in [0.2, 0.25) is 0 Å². The van der Waals surface area contributed by atoms with Gasteiger partial charge in [-0.05, 0) is 77.3 Å². The monoisotopic (exact) mass is 614 g/mol. The largest absolute Gasteiger partial charge is 0.460 e. The Hall–Kier alpha value is -3.10. The van der Waals surface area contributed by atoms with Crippen molar-refractivity contribution in [3.63, 3.8) is 0 Å². The summed E-state index contributed by atoms with van der Waals surface area (Å²) in [4.78, 5) is 49.3. The fourth-order valence-corrected chi connectivity index (χ4v) is 5.44. The first-order valence-corrected chi connectivity index (χ1v) is 15.6. The molecule has 1 rings (SSSR count). The van der Waals surface area contributed by atoms with Gasteiger partial charge in [-0.3, -0.25) is 24.5 Å². The highest BCUT2D eigenvalue weighted by molar-refractivity contribution is 7.89. The Morgan fingerprint density at radius 1 is 1.00 bits per heavy atom. The van der Waals surface area contributed by atoms with Crippen LogP contribution in [0.5, 0.6) is 0 Å². The van der Waals surface area contributed by atoms with Crippen LogP contribution in [0.3, 0.4) is 0 Å². The Bertz CT molecular complexity index is 1150. The zero-order valence-electron chi connectivity index (χ0n) is 25.3. The van der Waals surface area contributed by atoms with E-state index in [2.05, 4.69) is 15.4 Å². The third-order valence-corrected chi connectivity index (χ3v) is 7.86. The molecular formula is C28H46N4O9S. The standard InChI is InChI=1S/C28H46N4O9S/c1-19(2)18-23(22(10-9-17-33)27(36)41-28(3,4)5)25(34)31-24(26(35)29-6)11-7-8-16-30-42(39,40)21-14-12-20(13-15-21)32(37)38/h12-15,19,22-24,30,33H,7-11,16-18H2,1-6H3,(H,29,35)(H,31,34)/t22-,23+,24-/m0/s1. The van der Waals surface area contributed by atoms with Crippen LogP contribution in [0.25, 0.3) is 0 Å². The van der Waals surface area contributed by atoms with E-state index >= 15 is 0 Å². The van der Waals surface area contributed by atoms with Gasteiger partial charge >= 0.3 is 5.97 Å². The van der Waals surface area contributed by atoms with Crippen molar-refractivity contribution in [2.75, 3.05) is 20.2 Å². The van der Waals surface area contributed by atoms with Crippen LogP contribution < -0.4 is 15.4 Å². The topological polar surface area (TPSA) is 194 Å². The molecule has 2 amide bonds. The molecule has 238 valence electrons. The van der Waals surface area contributed by atoms with Crippen molar-refractivity contribution in [3.05, 3.63) is 34.4 Å². The van der Waals surface area contributed by atoms with E-state index in [0.717, 1.165) is 24.3 Å². The van der Waals surface area contributed by atoms with E-state index in [4.69, 9.17) is 4.74 Å². The number of hydrogen-bond donors (Lipinski definition) is 4. The number of hydrogen-bond acceptors (Lipinski definition) is 9. The molecule has 0 saturated carbocycles. The van der Waals surface area contributed by atoms with Gasteiger partial charge in [-0.25, -0.2) is 13.1 Å². The molecule has 13 nitrogen and oxygen atoms in total. The molecule has 0 heterocycles. The molecule has 1 aromatic rings. The molecule has 0 aromatic heterocycles. The summed E-state index contributed by atoms with van der Waals surface area (Å²) in [5.74, 6) is -2.96. The number of likely N-dealkylation sites (N-methyl/N-ethyl adjacent to an activating group) is 1. The number of sulfonamides is 1. The summed E-state index contributed by atoms with van der Waals surface area (Å²) in [5.41, 5.74) is -0.990. The Balaban J connectivity index is 2.91. The highest BCUT2D eigenvalue weighted by atomic mass is 32.2. The lowest BCUT2D eigenvalue weighted by Gasteiger charge is -2.30. The minimum absolute atomic E-state index is 0.0472. The quantitative estimate of drug-likeness (QED) is 0.0832. The van der Waals surface area contributed by atoms with Crippen molar-refractivity contribution < 1.29 is 37.6 Å². The van der Waals surface area contributed by atoms with E-state index < -0.39 is 56.2 Å². The number of rotatable bonds is 18. The predicted octanol–water partition coefficient (Wildman–Crippen LogP) is 2.67. The Kier molecular flexibility index (Phi) is 15.1. The van der Waals surface area contributed by atoms with Crippen LogP contribution in [0.1, 0.15) is 73.1 Å². The lowest BCUT2D eigenvalue weighted by Crippen LogP contribution is -2.50. The van der Waals surface area contributed by atoms with E-state index in [1.165, 1.54) is 7.05 Å². The number of ether oxygens (including phenoxy) is 1. The number of amides is 2. The van der Waals surface area contributed by atoms with Crippen molar-refractivity contribution in [1.29, 1.82) is 0 Å². The van der Waals surface area contributed by atoms with Crippen LogP contribution in [0, 0.1) is 27.9 Å². The minimum Gasteiger partial charge on any atom is -0.460 e. The fraction of sp³-hybridized carbons (Fsp3) is 0.679. The zero-order chi connectivity index (χ0) is 32.1. The minimum atomic E-state index is -3.89. The fourth-order valence-electron chi connectivity index (χ4n) is 4.37. The van der Waals surface area contributed by atoms with Crippen molar-refractivity contribution in [2.24, 2.45) is 17.8 Å². The second-order valence-electron chi connectivity index (χ2n) is 11.6. The summed E-state index contributed by atoms with van der Waals surface area (Å²) < 4.78 is 33.0. The van der Waals surface area contributed by atoms with Crippen LogP contribution >= 0.6 is 0 Å². The molecule has 0 aliphatic carbocycles. The summed E-state index contributed by atoms with van der Waals surface area (Å²) in [5, 5.41) is 25.5. The average molecular weight is 615 g/mol. The SMILES string of the molecule is CNC(=O)[C@H](CCCCNS(=O)(=O)c1ccc([N+](=O)[O-])cc1)NC(=O)[C@H](CC(C)C)[C@H](CCCO)C(=O)OC(C)(C)C. The zero-order valence-corrected chi connectivity index (χ0v) is 26.2. The molecule has 0 radical (unpaired) electrons. The third kappa shape index (κ3) is 12.8. The van der Waals surface area contributed by atoms with Crippen LogP contribution in [-0.2, 0) is 29.1 Å². The number of aliphatic hydroxyl groups excluding tert-OH is 1. The molecule has 0 spiro atoms. The molecule has 14 heteroatoms. The van der Waals surface area contributed by atoms with Gasteiger partial charge in [-0.1, -0.05) is 13.8 Å². The van der Waals surface area contributed by atoms with Gasteiger partial charge in [0.2, 0.25) is 21.8 Å². The molecule has 0 fully saturated rings. The normalized spacial score (nSPS) is 14.1. The maximum atomic E-state index is 13.5. The number of nitrogens with one attached hydrogen (secondary N) is 3. The first-order valence-electron chi connectivity index (χ1n) is 14.1. The molecular weight excluding hydrogens is 568 g/mol. The summed E-state index contributed by atoms with van der Waals surface area (Å²) in [6, 6.07) is 3.59. The lowest BCUT2D eigenvalue weighted by molar-refractivity contribution is -0.384. The van der Waals surface area contributed by atoms with E-state index in [9.17, 15) is 38.0 Å². The lowest BCUT2D eigenvalue weighted by atomic mass is 9.81. The van der Waals surface area contributed by atoms with Gasteiger partial charge in [0, 0.05) is 32.3 Å². The van der Waals surface area contributed by atoms with E-state index in [1.807, 2.05) is 13.8 Å². The van der Waals surface area contributed by atoms with Gasteiger partial charge in [-0.2, -0.15) is 0 Å². The predicted molar refractivity (Wildman–Crippen MR) is 157 cm³/mol. The number of benzene rings is 1. The number of non-ortho nitro benzene ring substituents is 1. The Labute approximate surface area is 248 Å². The Morgan fingerprint density at radius 2 is 1.62 bits per heavy atom. The molecule has 1 aromatic carbocycles. The van der Waals surface area contributed by atoms with Gasteiger partial charge < -0.3 is 20.5 Å². The maximum Gasteiger partial charge on any atom is 0.310 e. The first-order chi connectivity index (χ1) is 19.5. The summed E-state index contributed by atoms with van der Waals surface area (Å²) >= 11 is 0. The van der Waals surface area contributed by atoms with Gasteiger partial charge in [0.25, 0.3) is 5.69 Å². The number of carbonyl (C=O) groups excluding carboxylic acids is 3.